The molecule has 1 aliphatic rings. The predicted octanol–water partition coefficient (Wildman–Crippen LogP) is 3.85. The molecule has 0 saturated heterocycles. The van der Waals surface area contributed by atoms with Crippen LogP contribution >= 0.6 is 0 Å². The van der Waals surface area contributed by atoms with Gasteiger partial charge in [-0.2, -0.15) is 17.7 Å². The van der Waals surface area contributed by atoms with Crippen LogP contribution in [0.3, 0.4) is 0 Å². The van der Waals surface area contributed by atoms with Gasteiger partial charge in [-0.15, -0.1) is 15.3 Å². The summed E-state index contributed by atoms with van der Waals surface area (Å²) < 4.78 is 51.3. The van der Waals surface area contributed by atoms with Gasteiger partial charge in [0.1, 0.15) is 11.7 Å². The van der Waals surface area contributed by atoms with Crippen molar-refractivity contribution in [2.24, 2.45) is 10.8 Å². The standard InChI is InChI=1S/C19H26F3N5O3/c1-16(2,3)30-15(28)23-12-17(4,5)13(18(12,6)7)29-11-9-8-10-24-25-14(19(20,21)22)27(10)26-11/h8-9,12-13H,1-7H3,(H,23,28). The number of amides is 1. The van der Waals surface area contributed by atoms with Gasteiger partial charge in [-0.3, -0.25) is 0 Å². The second-order valence-electron chi connectivity index (χ2n) is 9.68. The molecule has 1 N–H and O–H groups in total. The fourth-order valence-corrected chi connectivity index (χ4v) is 4.36. The number of alkyl halides is 3. The normalized spacial score (nSPS) is 23.0. The van der Waals surface area contributed by atoms with Crippen molar-refractivity contribution in [2.45, 2.75) is 72.4 Å². The van der Waals surface area contributed by atoms with E-state index in [1.54, 1.807) is 20.8 Å². The van der Waals surface area contributed by atoms with E-state index in [4.69, 9.17) is 9.47 Å². The Balaban J connectivity index is 1.81. The first kappa shape index (κ1) is 22.1. The summed E-state index contributed by atoms with van der Waals surface area (Å²) in [6.45, 7) is 13.0. The van der Waals surface area contributed by atoms with Crippen molar-refractivity contribution in [3.63, 3.8) is 0 Å². The van der Waals surface area contributed by atoms with Crippen molar-refractivity contribution in [1.82, 2.24) is 25.1 Å². The van der Waals surface area contributed by atoms with E-state index >= 15 is 0 Å². The monoisotopic (exact) mass is 429 g/mol. The summed E-state index contributed by atoms with van der Waals surface area (Å²) in [5.74, 6) is -1.21. The molecule has 1 fully saturated rings. The second-order valence-corrected chi connectivity index (χ2v) is 9.68. The van der Waals surface area contributed by atoms with Crippen LogP contribution in [0.5, 0.6) is 5.88 Å². The highest BCUT2D eigenvalue weighted by atomic mass is 19.4. The summed E-state index contributed by atoms with van der Waals surface area (Å²) in [6, 6.07) is 2.53. The fraction of sp³-hybridized carbons (Fsp3) is 0.684. The maximum atomic E-state index is 13.1. The minimum Gasteiger partial charge on any atom is -0.472 e. The molecule has 1 aliphatic carbocycles. The Labute approximate surface area is 172 Å². The number of carbonyl (C=O) groups is 1. The third-order valence-corrected chi connectivity index (χ3v) is 5.23. The van der Waals surface area contributed by atoms with Crippen LogP contribution in [0.15, 0.2) is 12.1 Å². The van der Waals surface area contributed by atoms with Crippen molar-refractivity contribution in [1.29, 1.82) is 0 Å². The van der Waals surface area contributed by atoms with Gasteiger partial charge in [0, 0.05) is 22.9 Å². The van der Waals surface area contributed by atoms with E-state index in [-0.39, 0.29) is 17.6 Å². The highest BCUT2D eigenvalue weighted by molar-refractivity contribution is 5.68. The third-order valence-electron chi connectivity index (χ3n) is 5.23. The molecule has 0 aliphatic heterocycles. The highest BCUT2D eigenvalue weighted by Gasteiger charge is 2.64. The number of fused-ring (bicyclic) bond motifs is 1. The molecule has 11 heteroatoms. The Morgan fingerprint density at radius 3 is 2.23 bits per heavy atom. The van der Waals surface area contributed by atoms with Crippen LogP contribution in [-0.2, 0) is 10.9 Å². The average Bonchev–Trinajstić information content (AvgIpc) is 2.99. The molecule has 0 spiro atoms. The zero-order valence-corrected chi connectivity index (χ0v) is 18.0. The van der Waals surface area contributed by atoms with Crippen LogP contribution < -0.4 is 10.1 Å². The summed E-state index contributed by atoms with van der Waals surface area (Å²) in [5.41, 5.74) is -1.73. The van der Waals surface area contributed by atoms with Gasteiger partial charge in [-0.1, -0.05) is 27.7 Å². The molecule has 8 nitrogen and oxygen atoms in total. The first-order chi connectivity index (χ1) is 13.5. The summed E-state index contributed by atoms with van der Waals surface area (Å²) in [6.07, 6.45) is -5.66. The number of nitrogens with zero attached hydrogens (tertiary/aromatic N) is 4. The Morgan fingerprint density at radius 2 is 1.70 bits per heavy atom. The smallest absolute Gasteiger partial charge is 0.453 e. The molecule has 0 unspecified atom stereocenters. The molecule has 166 valence electrons. The predicted molar refractivity (Wildman–Crippen MR) is 101 cm³/mol. The molecular formula is C19H26F3N5O3. The quantitative estimate of drug-likeness (QED) is 0.797. The molecule has 2 aromatic rings. The zero-order chi connectivity index (χ0) is 22.7. The molecule has 1 amide bonds. The second kappa shape index (κ2) is 6.71. The van der Waals surface area contributed by atoms with Crippen molar-refractivity contribution < 1.29 is 27.4 Å². The first-order valence-electron chi connectivity index (χ1n) is 9.49. The number of hydrogen-bond donors (Lipinski definition) is 1. The van der Waals surface area contributed by atoms with Crippen LogP contribution in [0.25, 0.3) is 5.65 Å². The van der Waals surface area contributed by atoms with Gasteiger partial charge in [0.05, 0.1) is 0 Å². The summed E-state index contributed by atoms with van der Waals surface area (Å²) in [7, 11) is 0. The van der Waals surface area contributed by atoms with Gasteiger partial charge >= 0.3 is 12.3 Å². The molecule has 2 aromatic heterocycles. The van der Waals surface area contributed by atoms with Gasteiger partial charge in [0.2, 0.25) is 5.88 Å². The Morgan fingerprint density at radius 1 is 1.10 bits per heavy atom. The first-order valence-corrected chi connectivity index (χ1v) is 9.49. The van der Waals surface area contributed by atoms with Crippen LogP contribution in [0.4, 0.5) is 18.0 Å². The lowest BCUT2D eigenvalue weighted by Gasteiger charge is -2.62. The van der Waals surface area contributed by atoms with E-state index in [1.165, 1.54) is 12.1 Å². The topological polar surface area (TPSA) is 90.6 Å². The van der Waals surface area contributed by atoms with Crippen molar-refractivity contribution in [3.8, 4) is 5.88 Å². The third kappa shape index (κ3) is 3.89. The van der Waals surface area contributed by atoms with Crippen LogP contribution in [-0.4, -0.2) is 43.7 Å². The van der Waals surface area contributed by atoms with Gasteiger partial charge in [0.25, 0.3) is 5.82 Å². The SMILES string of the molecule is CC(C)(C)OC(=O)NC1C(C)(C)C(Oc2ccc3nnc(C(F)(F)F)n3n2)C1(C)C. The molecule has 0 aromatic carbocycles. The minimum atomic E-state index is -4.69. The number of nitrogens with one attached hydrogen (secondary N) is 1. The van der Waals surface area contributed by atoms with Gasteiger partial charge in [0.15, 0.2) is 5.65 Å². The Bertz CT molecular complexity index is 946. The van der Waals surface area contributed by atoms with Gasteiger partial charge in [-0.25, -0.2) is 4.79 Å². The molecule has 0 bridgehead atoms. The maximum Gasteiger partial charge on any atom is 0.453 e. The average molecular weight is 429 g/mol. The van der Waals surface area contributed by atoms with Crippen molar-refractivity contribution >= 4 is 11.7 Å². The van der Waals surface area contributed by atoms with Crippen LogP contribution in [0.1, 0.15) is 54.3 Å². The Kier molecular flexibility index (Phi) is 4.94. The number of halogens is 3. The highest BCUT2D eigenvalue weighted by Crippen LogP contribution is 2.55. The van der Waals surface area contributed by atoms with Gasteiger partial charge < -0.3 is 14.8 Å². The lowest BCUT2D eigenvalue weighted by molar-refractivity contribution is -0.168. The fourth-order valence-electron chi connectivity index (χ4n) is 4.36. The van der Waals surface area contributed by atoms with E-state index in [0.29, 0.717) is 4.52 Å². The van der Waals surface area contributed by atoms with E-state index in [1.807, 2.05) is 27.7 Å². The van der Waals surface area contributed by atoms with Crippen LogP contribution in [0.2, 0.25) is 0 Å². The largest absolute Gasteiger partial charge is 0.472 e. The lowest BCUT2D eigenvalue weighted by Crippen LogP contribution is -2.75. The maximum absolute atomic E-state index is 13.1. The van der Waals surface area contributed by atoms with Crippen LogP contribution in [0, 0.1) is 10.8 Å². The number of ether oxygens (including phenoxy) is 2. The van der Waals surface area contributed by atoms with E-state index < -0.39 is 40.6 Å². The van der Waals surface area contributed by atoms with E-state index in [0.717, 1.165) is 0 Å². The lowest BCUT2D eigenvalue weighted by atomic mass is 9.49. The number of aromatic nitrogens is 4. The van der Waals surface area contributed by atoms with E-state index in [9.17, 15) is 18.0 Å². The molecule has 1 saturated carbocycles. The minimum absolute atomic E-state index is 0.00895. The molecule has 0 atom stereocenters. The molecule has 2 heterocycles. The summed E-state index contributed by atoms with van der Waals surface area (Å²) in [4.78, 5) is 12.2. The zero-order valence-electron chi connectivity index (χ0n) is 18.0. The number of rotatable bonds is 3. The summed E-state index contributed by atoms with van der Waals surface area (Å²) >= 11 is 0. The van der Waals surface area contributed by atoms with Crippen molar-refractivity contribution in [3.05, 3.63) is 18.0 Å². The summed E-state index contributed by atoms with van der Waals surface area (Å²) in [5, 5.41) is 13.5. The van der Waals surface area contributed by atoms with E-state index in [2.05, 4.69) is 20.6 Å². The number of hydrogen-bond acceptors (Lipinski definition) is 6. The van der Waals surface area contributed by atoms with Crippen molar-refractivity contribution in [2.75, 3.05) is 0 Å². The molecule has 0 radical (unpaired) electrons. The molecular weight excluding hydrogens is 403 g/mol. The molecule has 30 heavy (non-hydrogen) atoms. The van der Waals surface area contributed by atoms with Gasteiger partial charge in [-0.05, 0) is 26.8 Å². The number of carbonyl (C=O) groups excluding carboxylic acids is 1. The Hall–Kier alpha value is -2.59. The molecule has 3 rings (SSSR count). The number of alkyl carbamates (subject to hydrolysis) is 1.